The quantitative estimate of drug-likeness (QED) is 0.886. The molecule has 0 aliphatic carbocycles. The Morgan fingerprint density at radius 2 is 1.95 bits per heavy atom. The highest BCUT2D eigenvalue weighted by atomic mass is 16.1. The molecule has 0 radical (unpaired) electrons. The van der Waals surface area contributed by atoms with Gasteiger partial charge >= 0.3 is 0 Å². The van der Waals surface area contributed by atoms with Crippen molar-refractivity contribution in [2.75, 3.05) is 17.7 Å². The number of hydrogen-bond acceptors (Lipinski definition) is 3. The molecule has 2 rings (SSSR count). The molecule has 1 aromatic heterocycles. The molecular weight excluding hydrogens is 238 g/mol. The molecule has 1 heterocycles. The predicted molar refractivity (Wildman–Crippen MR) is 77.7 cm³/mol. The van der Waals surface area contributed by atoms with E-state index in [1.54, 1.807) is 6.07 Å². The van der Waals surface area contributed by atoms with E-state index in [0.29, 0.717) is 11.4 Å². The molecule has 0 bridgehead atoms. The van der Waals surface area contributed by atoms with E-state index in [4.69, 9.17) is 0 Å². The van der Waals surface area contributed by atoms with Crippen molar-refractivity contribution in [3.05, 3.63) is 53.2 Å². The van der Waals surface area contributed by atoms with Gasteiger partial charge < -0.3 is 10.6 Å². The summed E-state index contributed by atoms with van der Waals surface area (Å²) in [6.07, 6.45) is 0. The summed E-state index contributed by atoms with van der Waals surface area (Å²) in [5, 5.41) is 5.85. The normalized spacial score (nSPS) is 10.1. The lowest BCUT2D eigenvalue weighted by Gasteiger charge is -2.09. The van der Waals surface area contributed by atoms with Crippen LogP contribution in [0.25, 0.3) is 0 Å². The first-order valence-corrected chi connectivity index (χ1v) is 6.13. The third-order valence-corrected chi connectivity index (χ3v) is 2.89. The van der Waals surface area contributed by atoms with Gasteiger partial charge in [-0.05, 0) is 49.7 Å². The molecule has 0 fully saturated rings. The number of aryl methyl sites for hydroxylation is 2. The summed E-state index contributed by atoms with van der Waals surface area (Å²) in [6, 6.07) is 11.2. The van der Waals surface area contributed by atoms with Gasteiger partial charge in [-0.15, -0.1) is 0 Å². The second-order valence-corrected chi connectivity index (χ2v) is 4.40. The average molecular weight is 255 g/mol. The van der Waals surface area contributed by atoms with E-state index in [0.717, 1.165) is 16.9 Å². The van der Waals surface area contributed by atoms with Crippen LogP contribution >= 0.6 is 0 Å². The van der Waals surface area contributed by atoms with Gasteiger partial charge in [0.15, 0.2) is 0 Å². The van der Waals surface area contributed by atoms with Crippen molar-refractivity contribution >= 4 is 17.4 Å². The van der Waals surface area contributed by atoms with E-state index in [1.165, 1.54) is 0 Å². The summed E-state index contributed by atoms with van der Waals surface area (Å²) in [5.41, 5.74) is 3.45. The number of rotatable bonds is 3. The largest absolute Gasteiger partial charge is 0.388 e. The summed E-state index contributed by atoms with van der Waals surface area (Å²) < 4.78 is 0. The van der Waals surface area contributed by atoms with Crippen molar-refractivity contribution in [1.29, 1.82) is 0 Å². The van der Waals surface area contributed by atoms with Crippen molar-refractivity contribution in [2.24, 2.45) is 0 Å². The van der Waals surface area contributed by atoms with Crippen molar-refractivity contribution in [3.63, 3.8) is 0 Å². The monoisotopic (exact) mass is 255 g/mol. The van der Waals surface area contributed by atoms with Crippen LogP contribution in [-0.2, 0) is 0 Å². The summed E-state index contributed by atoms with van der Waals surface area (Å²) in [5.74, 6) is 0.431. The van der Waals surface area contributed by atoms with Crippen LogP contribution in [0.2, 0.25) is 0 Å². The SMILES string of the molecule is CNc1ccc(C(=O)Nc2cccc(C)n2)c(C)c1. The van der Waals surface area contributed by atoms with E-state index in [2.05, 4.69) is 15.6 Å². The van der Waals surface area contributed by atoms with Gasteiger partial charge in [0, 0.05) is 24.0 Å². The number of aromatic nitrogens is 1. The first-order chi connectivity index (χ1) is 9.10. The van der Waals surface area contributed by atoms with E-state index < -0.39 is 0 Å². The zero-order valence-electron chi connectivity index (χ0n) is 11.3. The van der Waals surface area contributed by atoms with Crippen molar-refractivity contribution in [2.45, 2.75) is 13.8 Å². The molecular formula is C15H17N3O. The van der Waals surface area contributed by atoms with Gasteiger partial charge in [-0.1, -0.05) is 6.07 Å². The third kappa shape index (κ3) is 3.10. The van der Waals surface area contributed by atoms with Gasteiger partial charge in [0.1, 0.15) is 5.82 Å². The first kappa shape index (κ1) is 13.1. The molecule has 2 aromatic rings. The molecule has 0 saturated heterocycles. The number of carbonyl (C=O) groups excluding carboxylic acids is 1. The van der Waals surface area contributed by atoms with Gasteiger partial charge in [0.2, 0.25) is 0 Å². The maximum absolute atomic E-state index is 12.2. The summed E-state index contributed by atoms with van der Waals surface area (Å²) in [4.78, 5) is 16.4. The molecule has 19 heavy (non-hydrogen) atoms. The Morgan fingerprint density at radius 3 is 2.58 bits per heavy atom. The summed E-state index contributed by atoms with van der Waals surface area (Å²) in [6.45, 7) is 3.81. The smallest absolute Gasteiger partial charge is 0.257 e. The van der Waals surface area contributed by atoms with E-state index >= 15 is 0 Å². The van der Waals surface area contributed by atoms with Crippen LogP contribution in [0.1, 0.15) is 21.6 Å². The lowest BCUT2D eigenvalue weighted by Crippen LogP contribution is -2.14. The Balaban J connectivity index is 2.20. The Labute approximate surface area is 112 Å². The standard InChI is InChI=1S/C15H17N3O/c1-10-9-12(16-3)7-8-13(10)15(19)18-14-6-4-5-11(2)17-14/h4-9,16H,1-3H3,(H,17,18,19). The number of hydrogen-bond donors (Lipinski definition) is 2. The van der Waals surface area contributed by atoms with Crippen LogP contribution in [-0.4, -0.2) is 17.9 Å². The first-order valence-electron chi connectivity index (χ1n) is 6.13. The number of nitrogens with one attached hydrogen (secondary N) is 2. The fraction of sp³-hybridized carbons (Fsp3) is 0.200. The molecule has 4 nitrogen and oxygen atoms in total. The minimum absolute atomic E-state index is 0.141. The molecule has 2 N–H and O–H groups in total. The molecule has 0 aliphatic rings. The number of amides is 1. The van der Waals surface area contributed by atoms with E-state index in [1.807, 2.05) is 51.2 Å². The molecule has 0 spiro atoms. The minimum atomic E-state index is -0.141. The second kappa shape index (κ2) is 5.52. The Morgan fingerprint density at radius 1 is 1.16 bits per heavy atom. The molecule has 1 aromatic carbocycles. The molecule has 0 saturated carbocycles. The number of carbonyl (C=O) groups is 1. The Bertz CT molecular complexity index is 608. The zero-order valence-corrected chi connectivity index (χ0v) is 11.3. The molecule has 0 aliphatic heterocycles. The number of benzene rings is 1. The maximum atomic E-state index is 12.2. The van der Waals surface area contributed by atoms with Crippen LogP contribution in [0.5, 0.6) is 0 Å². The highest BCUT2D eigenvalue weighted by molar-refractivity contribution is 6.05. The van der Waals surface area contributed by atoms with Crippen LogP contribution < -0.4 is 10.6 Å². The molecule has 0 atom stereocenters. The average Bonchev–Trinajstić information content (AvgIpc) is 2.38. The highest BCUT2D eigenvalue weighted by Crippen LogP contribution is 2.16. The minimum Gasteiger partial charge on any atom is -0.388 e. The van der Waals surface area contributed by atoms with Crippen LogP contribution in [0, 0.1) is 13.8 Å². The van der Waals surface area contributed by atoms with E-state index in [-0.39, 0.29) is 5.91 Å². The van der Waals surface area contributed by atoms with Gasteiger partial charge in [-0.3, -0.25) is 4.79 Å². The number of nitrogens with zero attached hydrogens (tertiary/aromatic N) is 1. The van der Waals surface area contributed by atoms with E-state index in [9.17, 15) is 4.79 Å². The fourth-order valence-electron chi connectivity index (χ4n) is 1.87. The van der Waals surface area contributed by atoms with Crippen molar-refractivity contribution in [3.8, 4) is 0 Å². The summed E-state index contributed by atoms with van der Waals surface area (Å²) in [7, 11) is 1.85. The van der Waals surface area contributed by atoms with Gasteiger partial charge in [-0.2, -0.15) is 0 Å². The molecule has 98 valence electrons. The van der Waals surface area contributed by atoms with Gasteiger partial charge in [0.25, 0.3) is 5.91 Å². The summed E-state index contributed by atoms with van der Waals surface area (Å²) >= 11 is 0. The lowest BCUT2D eigenvalue weighted by molar-refractivity contribution is 0.102. The zero-order chi connectivity index (χ0) is 13.8. The molecule has 1 amide bonds. The number of pyridine rings is 1. The van der Waals surface area contributed by atoms with Crippen LogP contribution in [0.15, 0.2) is 36.4 Å². The Kier molecular flexibility index (Phi) is 3.80. The van der Waals surface area contributed by atoms with Crippen LogP contribution in [0.4, 0.5) is 11.5 Å². The maximum Gasteiger partial charge on any atom is 0.257 e. The Hall–Kier alpha value is -2.36. The number of anilines is 2. The van der Waals surface area contributed by atoms with Gasteiger partial charge in [-0.25, -0.2) is 4.98 Å². The van der Waals surface area contributed by atoms with Crippen molar-refractivity contribution in [1.82, 2.24) is 4.98 Å². The third-order valence-electron chi connectivity index (χ3n) is 2.89. The highest BCUT2D eigenvalue weighted by Gasteiger charge is 2.10. The molecule has 0 unspecified atom stereocenters. The van der Waals surface area contributed by atoms with Crippen LogP contribution in [0.3, 0.4) is 0 Å². The predicted octanol–water partition coefficient (Wildman–Crippen LogP) is 2.99. The lowest BCUT2D eigenvalue weighted by atomic mass is 10.1. The fourth-order valence-corrected chi connectivity index (χ4v) is 1.87. The molecule has 4 heteroatoms. The van der Waals surface area contributed by atoms with Gasteiger partial charge in [0.05, 0.1) is 0 Å². The van der Waals surface area contributed by atoms with Crippen molar-refractivity contribution < 1.29 is 4.79 Å². The topological polar surface area (TPSA) is 54.0 Å². The second-order valence-electron chi connectivity index (χ2n) is 4.40.